The number of hydrogen-bond donors (Lipinski definition) is 0. The van der Waals surface area contributed by atoms with Gasteiger partial charge in [-0.1, -0.05) is 30.3 Å². The van der Waals surface area contributed by atoms with Crippen molar-refractivity contribution in [2.75, 3.05) is 13.1 Å². The summed E-state index contributed by atoms with van der Waals surface area (Å²) in [6, 6.07) is 10.1. The molecule has 0 spiro atoms. The minimum absolute atomic E-state index is 0.0175. The number of amides is 2. The topological polar surface area (TPSA) is 40.6 Å². The van der Waals surface area contributed by atoms with Gasteiger partial charge in [0.25, 0.3) is 0 Å². The zero-order valence-corrected chi connectivity index (χ0v) is 13.5. The maximum atomic E-state index is 12.3. The fourth-order valence-corrected chi connectivity index (χ4v) is 2.33. The van der Waals surface area contributed by atoms with Crippen molar-refractivity contribution >= 4 is 11.8 Å². The summed E-state index contributed by atoms with van der Waals surface area (Å²) in [7, 11) is 0. The molecular formula is C17H26N2O2. The molecule has 116 valence electrons. The standard InChI is InChI=1S/C17H26N2O2/c1-5-18(13-16-9-7-6-8-10-16)17(21)11-12-19(14(2)3)15(4)20/h6-10,14H,5,11-13H2,1-4H3. The van der Waals surface area contributed by atoms with E-state index in [1.807, 2.05) is 56.0 Å². The Balaban J connectivity index is 2.57. The Hall–Kier alpha value is -1.84. The summed E-state index contributed by atoms with van der Waals surface area (Å²) < 4.78 is 0. The van der Waals surface area contributed by atoms with Crippen LogP contribution in [0.1, 0.15) is 39.7 Å². The first-order valence-electron chi connectivity index (χ1n) is 7.54. The highest BCUT2D eigenvalue weighted by molar-refractivity contribution is 5.78. The number of nitrogens with zero attached hydrogens (tertiary/aromatic N) is 2. The predicted molar refractivity (Wildman–Crippen MR) is 84.7 cm³/mol. The average Bonchev–Trinajstić information content (AvgIpc) is 2.45. The van der Waals surface area contributed by atoms with Gasteiger partial charge in [0.15, 0.2) is 0 Å². The van der Waals surface area contributed by atoms with Crippen LogP contribution in [0.2, 0.25) is 0 Å². The average molecular weight is 290 g/mol. The Kier molecular flexibility index (Phi) is 6.92. The van der Waals surface area contributed by atoms with Crippen LogP contribution in [0.4, 0.5) is 0 Å². The molecule has 0 heterocycles. The summed E-state index contributed by atoms with van der Waals surface area (Å²) in [4.78, 5) is 27.4. The fourth-order valence-electron chi connectivity index (χ4n) is 2.33. The third-order valence-electron chi connectivity index (χ3n) is 3.55. The van der Waals surface area contributed by atoms with Gasteiger partial charge in [-0.3, -0.25) is 9.59 Å². The van der Waals surface area contributed by atoms with Crippen LogP contribution >= 0.6 is 0 Å². The van der Waals surface area contributed by atoms with E-state index in [2.05, 4.69) is 0 Å². The normalized spacial score (nSPS) is 10.5. The molecule has 1 aromatic carbocycles. The summed E-state index contributed by atoms with van der Waals surface area (Å²) in [6.07, 6.45) is 0.373. The van der Waals surface area contributed by atoms with Crippen molar-refractivity contribution in [3.8, 4) is 0 Å². The van der Waals surface area contributed by atoms with Gasteiger partial charge < -0.3 is 9.80 Å². The molecule has 0 fully saturated rings. The molecule has 1 aromatic rings. The summed E-state index contributed by atoms with van der Waals surface area (Å²) >= 11 is 0. The zero-order valence-electron chi connectivity index (χ0n) is 13.5. The smallest absolute Gasteiger partial charge is 0.224 e. The number of benzene rings is 1. The first kappa shape index (κ1) is 17.2. The molecule has 2 amide bonds. The maximum absolute atomic E-state index is 12.3. The summed E-state index contributed by atoms with van der Waals surface area (Å²) in [5, 5.41) is 0. The Bertz CT molecular complexity index is 457. The highest BCUT2D eigenvalue weighted by Crippen LogP contribution is 2.07. The van der Waals surface area contributed by atoms with Gasteiger partial charge >= 0.3 is 0 Å². The molecule has 0 atom stereocenters. The second-order valence-electron chi connectivity index (χ2n) is 5.45. The minimum atomic E-state index is 0.0175. The van der Waals surface area contributed by atoms with E-state index >= 15 is 0 Å². The van der Waals surface area contributed by atoms with E-state index in [0.717, 1.165) is 5.56 Å². The summed E-state index contributed by atoms with van der Waals surface area (Å²) in [5.41, 5.74) is 1.12. The number of rotatable bonds is 7. The molecule has 0 bridgehead atoms. The van der Waals surface area contributed by atoms with Crippen molar-refractivity contribution in [3.05, 3.63) is 35.9 Å². The quantitative estimate of drug-likeness (QED) is 0.774. The molecular weight excluding hydrogens is 264 g/mol. The van der Waals surface area contributed by atoms with E-state index in [0.29, 0.717) is 26.1 Å². The van der Waals surface area contributed by atoms with Crippen LogP contribution in [0, 0.1) is 0 Å². The molecule has 0 aliphatic carbocycles. The van der Waals surface area contributed by atoms with Crippen LogP contribution in [0.5, 0.6) is 0 Å². The van der Waals surface area contributed by atoms with Crippen LogP contribution in [0.15, 0.2) is 30.3 Å². The summed E-state index contributed by atoms with van der Waals surface area (Å²) in [6.45, 7) is 9.24. The monoisotopic (exact) mass is 290 g/mol. The predicted octanol–water partition coefficient (Wildman–Crippen LogP) is 2.68. The SMILES string of the molecule is CCN(Cc1ccccc1)C(=O)CCN(C(C)=O)C(C)C. The first-order valence-corrected chi connectivity index (χ1v) is 7.54. The lowest BCUT2D eigenvalue weighted by Gasteiger charge is -2.27. The third-order valence-corrected chi connectivity index (χ3v) is 3.55. The van der Waals surface area contributed by atoms with Crippen LogP contribution in [0.3, 0.4) is 0 Å². The molecule has 0 unspecified atom stereocenters. The fraction of sp³-hybridized carbons (Fsp3) is 0.529. The van der Waals surface area contributed by atoms with Crippen molar-refractivity contribution in [1.29, 1.82) is 0 Å². The van der Waals surface area contributed by atoms with Gasteiger partial charge in [-0.05, 0) is 26.3 Å². The van der Waals surface area contributed by atoms with Crippen molar-refractivity contribution in [1.82, 2.24) is 9.80 Å². The Morgan fingerprint density at radius 1 is 1.14 bits per heavy atom. The van der Waals surface area contributed by atoms with Gasteiger partial charge in [0.05, 0.1) is 0 Å². The summed E-state index contributed by atoms with van der Waals surface area (Å²) in [5.74, 6) is 0.108. The molecule has 0 aliphatic heterocycles. The van der Waals surface area contributed by atoms with E-state index in [1.165, 1.54) is 0 Å². The minimum Gasteiger partial charge on any atom is -0.340 e. The Morgan fingerprint density at radius 2 is 1.76 bits per heavy atom. The maximum Gasteiger partial charge on any atom is 0.224 e. The lowest BCUT2D eigenvalue weighted by molar-refractivity contribution is -0.134. The van der Waals surface area contributed by atoms with Crippen LogP contribution < -0.4 is 0 Å². The Labute approximate surface area is 127 Å². The largest absolute Gasteiger partial charge is 0.340 e. The van der Waals surface area contributed by atoms with Crippen molar-refractivity contribution in [2.24, 2.45) is 0 Å². The highest BCUT2D eigenvalue weighted by Gasteiger charge is 2.17. The third kappa shape index (κ3) is 5.58. The first-order chi connectivity index (χ1) is 9.95. The van der Waals surface area contributed by atoms with Gasteiger partial charge in [0, 0.05) is 39.0 Å². The molecule has 0 aliphatic rings. The van der Waals surface area contributed by atoms with Gasteiger partial charge in [0.2, 0.25) is 11.8 Å². The van der Waals surface area contributed by atoms with E-state index in [9.17, 15) is 9.59 Å². The lowest BCUT2D eigenvalue weighted by atomic mass is 10.2. The van der Waals surface area contributed by atoms with E-state index in [4.69, 9.17) is 0 Å². The molecule has 0 radical (unpaired) electrons. The number of carbonyl (C=O) groups excluding carboxylic acids is 2. The van der Waals surface area contributed by atoms with Gasteiger partial charge in [-0.15, -0.1) is 0 Å². The highest BCUT2D eigenvalue weighted by atomic mass is 16.2. The van der Waals surface area contributed by atoms with E-state index in [1.54, 1.807) is 11.8 Å². The van der Waals surface area contributed by atoms with E-state index in [-0.39, 0.29) is 17.9 Å². The van der Waals surface area contributed by atoms with Crippen molar-refractivity contribution in [3.63, 3.8) is 0 Å². The molecule has 0 saturated carbocycles. The molecule has 1 rings (SSSR count). The molecule has 4 heteroatoms. The van der Waals surface area contributed by atoms with Crippen molar-refractivity contribution < 1.29 is 9.59 Å². The Morgan fingerprint density at radius 3 is 2.24 bits per heavy atom. The van der Waals surface area contributed by atoms with Crippen LogP contribution in [0.25, 0.3) is 0 Å². The molecule has 0 N–H and O–H groups in total. The lowest BCUT2D eigenvalue weighted by Crippen LogP contribution is -2.39. The molecule has 0 aromatic heterocycles. The zero-order chi connectivity index (χ0) is 15.8. The number of hydrogen-bond acceptors (Lipinski definition) is 2. The number of carbonyl (C=O) groups is 2. The van der Waals surface area contributed by atoms with Gasteiger partial charge in [-0.2, -0.15) is 0 Å². The van der Waals surface area contributed by atoms with Crippen LogP contribution in [-0.4, -0.2) is 40.7 Å². The van der Waals surface area contributed by atoms with Crippen molar-refractivity contribution in [2.45, 2.75) is 46.7 Å². The van der Waals surface area contributed by atoms with Crippen LogP contribution in [-0.2, 0) is 16.1 Å². The molecule has 21 heavy (non-hydrogen) atoms. The van der Waals surface area contributed by atoms with E-state index < -0.39 is 0 Å². The van der Waals surface area contributed by atoms with Gasteiger partial charge in [0.1, 0.15) is 0 Å². The molecule has 0 saturated heterocycles. The van der Waals surface area contributed by atoms with Gasteiger partial charge in [-0.25, -0.2) is 0 Å². The second-order valence-corrected chi connectivity index (χ2v) is 5.45. The molecule has 4 nitrogen and oxygen atoms in total. The second kappa shape index (κ2) is 8.45.